The predicted molar refractivity (Wildman–Crippen MR) is 131 cm³/mol. The molecule has 1 aromatic carbocycles. The van der Waals surface area contributed by atoms with Gasteiger partial charge in [0.1, 0.15) is 5.69 Å². The van der Waals surface area contributed by atoms with Gasteiger partial charge in [0.2, 0.25) is 0 Å². The van der Waals surface area contributed by atoms with Gasteiger partial charge < -0.3 is 17.3 Å². The Morgan fingerprint density at radius 1 is 1.19 bits per heavy atom. The molecule has 0 radical (unpaired) electrons. The van der Waals surface area contributed by atoms with Crippen LogP contribution in [0.1, 0.15) is 50.8 Å². The summed E-state index contributed by atoms with van der Waals surface area (Å²) in [5.74, 6) is 0. The van der Waals surface area contributed by atoms with Crippen LogP contribution in [0.15, 0.2) is 59.4 Å². The van der Waals surface area contributed by atoms with Gasteiger partial charge in [-0.1, -0.05) is 44.9 Å². The van der Waals surface area contributed by atoms with Gasteiger partial charge in [-0.3, -0.25) is 15.1 Å². The standard InChI is InChI=1S/C23H27N4O2.CH3.ClH.Ir/c1-3-5-15-26(16-6-4-2)21-12-11-18(17-22(21)27(28)29)23(19-9-7-13-24-19)20-10-8-14-25-20;;;/h7-14,17H,3-6,15-16H2,1-2H3;1H3;1H;/q2*-1;;+3/p-1/b23-19-;;;. The molecule has 0 spiro atoms. The average molecular weight is 634 g/mol. The minimum absolute atomic E-state index is 0. The maximum atomic E-state index is 12.0. The Kier molecular flexibility index (Phi) is 12.8. The summed E-state index contributed by atoms with van der Waals surface area (Å²) in [6.45, 7) is 5.91. The average Bonchev–Trinajstić information content (AvgIpc) is 3.51. The molecule has 8 heteroatoms. The molecule has 0 amide bonds. The first-order chi connectivity index (χ1) is 15.2. The van der Waals surface area contributed by atoms with E-state index in [4.69, 9.17) is 0 Å². The second-order valence-corrected chi connectivity index (χ2v) is 7.07. The van der Waals surface area contributed by atoms with Crippen LogP contribution in [0.25, 0.3) is 5.57 Å². The zero-order valence-corrected chi connectivity index (χ0v) is 21.9. The Bertz CT molecular complexity index is 917. The van der Waals surface area contributed by atoms with Gasteiger partial charge in [-0.15, -0.1) is 5.69 Å². The number of nitro groups is 1. The normalized spacial score (nSPS) is 13.2. The van der Waals surface area contributed by atoms with Gasteiger partial charge in [0.25, 0.3) is 5.69 Å². The van der Waals surface area contributed by atoms with Crippen LogP contribution in [0.3, 0.4) is 0 Å². The van der Waals surface area contributed by atoms with Gasteiger partial charge >= 0.3 is 27.5 Å². The summed E-state index contributed by atoms with van der Waals surface area (Å²) < 4.78 is 0. The molecule has 32 heavy (non-hydrogen) atoms. The third-order valence-corrected chi connectivity index (χ3v) is 4.98. The van der Waals surface area contributed by atoms with Crippen molar-refractivity contribution in [1.82, 2.24) is 4.98 Å². The zero-order valence-electron chi connectivity index (χ0n) is 18.8. The molecular weight excluding hydrogens is 604 g/mol. The number of aromatic nitrogens is 1. The van der Waals surface area contributed by atoms with Gasteiger partial charge in [-0.2, -0.15) is 6.20 Å². The van der Waals surface area contributed by atoms with Crippen molar-refractivity contribution in [3.05, 3.63) is 83.2 Å². The van der Waals surface area contributed by atoms with Crippen molar-refractivity contribution >= 4 is 32.7 Å². The molecule has 0 atom stereocenters. The van der Waals surface area contributed by atoms with E-state index in [2.05, 4.69) is 38.3 Å². The Balaban J connectivity index is 0.00000166. The van der Waals surface area contributed by atoms with Crippen molar-refractivity contribution in [3.63, 3.8) is 0 Å². The first-order valence-corrected chi connectivity index (χ1v) is 13.3. The fourth-order valence-corrected chi connectivity index (χ4v) is 3.47. The van der Waals surface area contributed by atoms with Crippen molar-refractivity contribution in [1.29, 1.82) is 0 Å². The van der Waals surface area contributed by atoms with Crippen molar-refractivity contribution in [2.24, 2.45) is 4.99 Å². The molecule has 0 N–H and O–H groups in total. The Labute approximate surface area is 205 Å². The van der Waals surface area contributed by atoms with Gasteiger partial charge in [-0.25, -0.2) is 0 Å². The van der Waals surface area contributed by atoms with Crippen LogP contribution in [0.2, 0.25) is 0 Å². The molecule has 1 aliphatic heterocycles. The molecular formula is C24H30ClIrN4O2. The van der Waals surface area contributed by atoms with E-state index in [9.17, 15) is 10.1 Å². The quantitative estimate of drug-likeness (QED) is 0.170. The second kappa shape index (κ2) is 14.8. The van der Waals surface area contributed by atoms with E-state index in [0.29, 0.717) is 5.69 Å². The second-order valence-electron chi connectivity index (χ2n) is 7.07. The summed E-state index contributed by atoms with van der Waals surface area (Å²) in [6, 6.07) is 9.26. The van der Waals surface area contributed by atoms with E-state index in [1.165, 1.54) is 17.9 Å². The Morgan fingerprint density at radius 3 is 2.38 bits per heavy atom. The summed E-state index contributed by atoms with van der Waals surface area (Å²) in [4.78, 5) is 22.6. The summed E-state index contributed by atoms with van der Waals surface area (Å²) in [5.41, 5.74) is 3.91. The molecule has 3 rings (SSSR count). The Morgan fingerprint density at radius 2 is 1.88 bits per heavy atom. The number of benzene rings is 1. The van der Waals surface area contributed by atoms with Crippen molar-refractivity contribution in [3.8, 4) is 0 Å². The van der Waals surface area contributed by atoms with Crippen LogP contribution in [0.5, 0.6) is 0 Å². The molecule has 1 aromatic heterocycles. The van der Waals surface area contributed by atoms with Crippen LogP contribution in [-0.2, 0) is 17.9 Å². The molecule has 174 valence electrons. The number of allylic oxidation sites excluding steroid dienone is 2. The number of rotatable bonds is 10. The number of nitro benzene ring substituents is 1. The van der Waals surface area contributed by atoms with Gasteiger partial charge in [-0.05, 0) is 42.2 Å². The van der Waals surface area contributed by atoms with Crippen molar-refractivity contribution < 1.29 is 22.8 Å². The van der Waals surface area contributed by atoms with Crippen LogP contribution < -0.4 is 9.88 Å². The van der Waals surface area contributed by atoms with Crippen molar-refractivity contribution in [2.75, 3.05) is 18.0 Å². The van der Waals surface area contributed by atoms with E-state index in [-0.39, 0.29) is 18.0 Å². The zero-order chi connectivity index (χ0) is 22.6. The number of halogens is 1. The van der Waals surface area contributed by atoms with Gasteiger partial charge in [0.15, 0.2) is 0 Å². The number of unbranched alkanes of at least 4 members (excludes halogenated alkanes) is 2. The van der Waals surface area contributed by atoms with E-state index in [1.807, 2.05) is 36.4 Å². The number of aliphatic imine (C=N–C) groups is 1. The number of hydrogen-bond acceptors (Lipinski definition) is 4. The predicted octanol–water partition coefficient (Wildman–Crippen LogP) is 6.50. The van der Waals surface area contributed by atoms with Crippen LogP contribution in [0, 0.1) is 17.5 Å². The topological polar surface area (TPSA) is 72.8 Å². The molecule has 0 fully saturated rings. The van der Waals surface area contributed by atoms with Crippen LogP contribution in [-0.4, -0.2) is 24.2 Å². The molecule has 2 aromatic rings. The fourth-order valence-electron chi connectivity index (χ4n) is 3.47. The van der Waals surface area contributed by atoms with E-state index >= 15 is 0 Å². The third kappa shape index (κ3) is 7.16. The molecule has 1 aliphatic rings. The van der Waals surface area contributed by atoms with Crippen molar-refractivity contribution in [2.45, 2.75) is 39.5 Å². The van der Waals surface area contributed by atoms with E-state index in [1.54, 1.807) is 18.5 Å². The van der Waals surface area contributed by atoms with Crippen LogP contribution >= 0.6 is 9.58 Å². The summed E-state index contributed by atoms with van der Waals surface area (Å²) in [6.07, 6.45) is 11.3. The molecule has 0 saturated heterocycles. The SMILES string of the molecule is CCCCN(CCCC)c1ccc(/C(=C2\C=CC=N2)c2ccc[n-]2)cc1[N+](=O)[O-].[CH3-].[Cl][Ir+2]. The summed E-state index contributed by atoms with van der Waals surface area (Å²) >= 11 is 1.47. The fraction of sp³-hybridized carbons (Fsp3) is 0.333. The minimum atomic E-state index is -0.280. The molecule has 0 unspecified atom stereocenters. The molecule has 0 bridgehead atoms. The molecule has 6 nitrogen and oxygen atoms in total. The Hall–Kier alpha value is -2.21. The number of nitrogens with zero attached hydrogens (tertiary/aromatic N) is 4. The first-order valence-electron chi connectivity index (χ1n) is 10.3. The van der Waals surface area contributed by atoms with Crippen LogP contribution in [0.4, 0.5) is 11.4 Å². The van der Waals surface area contributed by atoms with E-state index < -0.39 is 0 Å². The maximum absolute atomic E-state index is 12.0. The monoisotopic (exact) mass is 634 g/mol. The first kappa shape index (κ1) is 27.8. The summed E-state index contributed by atoms with van der Waals surface area (Å²) in [7, 11) is 4.64. The number of hydrogen-bond donors (Lipinski definition) is 0. The molecule has 0 saturated carbocycles. The molecule has 2 heterocycles. The number of anilines is 1. The summed E-state index contributed by atoms with van der Waals surface area (Å²) in [5, 5.41) is 12.0. The third-order valence-electron chi connectivity index (χ3n) is 4.98. The van der Waals surface area contributed by atoms with Gasteiger partial charge in [0, 0.05) is 25.4 Å². The van der Waals surface area contributed by atoms with Gasteiger partial charge in [0.05, 0.1) is 10.6 Å². The van der Waals surface area contributed by atoms with E-state index in [0.717, 1.165) is 61.3 Å². The molecule has 0 aliphatic carbocycles.